The molecule has 0 bridgehead atoms. The summed E-state index contributed by atoms with van der Waals surface area (Å²) < 4.78 is 18.0. The van der Waals surface area contributed by atoms with E-state index < -0.39 is 5.97 Å². The number of esters is 1. The molecule has 88 valence electrons. The Bertz CT molecular complexity index is 411. The molecule has 0 radical (unpaired) electrons. The second kappa shape index (κ2) is 4.80. The molecule has 2 rings (SSSR count). The van der Waals surface area contributed by atoms with Gasteiger partial charge in [-0.15, -0.1) is 12.4 Å². The third kappa shape index (κ3) is 2.33. The molecule has 0 spiro atoms. The Hall–Kier alpha value is -1.13. The van der Waals surface area contributed by atoms with Crippen molar-refractivity contribution in [1.82, 2.24) is 0 Å². The Morgan fingerprint density at radius 3 is 2.69 bits per heavy atom. The highest BCUT2D eigenvalue weighted by atomic mass is 35.5. The zero-order chi connectivity index (χ0) is 11.0. The Morgan fingerprint density at radius 2 is 2.19 bits per heavy atom. The Labute approximate surface area is 99.2 Å². The van der Waals surface area contributed by atoms with Gasteiger partial charge >= 0.3 is 5.97 Å². The van der Waals surface area contributed by atoms with Gasteiger partial charge in [0, 0.05) is 12.0 Å². The summed E-state index contributed by atoms with van der Waals surface area (Å²) in [4.78, 5) is 11.2. The third-order valence-corrected chi connectivity index (χ3v) is 2.66. The number of nitrogens with two attached hydrogens (primary N) is 1. The molecule has 0 unspecified atom stereocenters. The van der Waals surface area contributed by atoms with Crippen molar-refractivity contribution in [3.63, 3.8) is 0 Å². The van der Waals surface area contributed by atoms with Gasteiger partial charge in [-0.05, 0) is 30.2 Å². The van der Waals surface area contributed by atoms with Crippen LogP contribution in [0.2, 0.25) is 0 Å². The van der Waals surface area contributed by atoms with Crippen molar-refractivity contribution >= 4 is 18.4 Å². The van der Waals surface area contributed by atoms with Gasteiger partial charge in [0.15, 0.2) is 0 Å². The lowest BCUT2D eigenvalue weighted by Gasteiger charge is -2.04. The fourth-order valence-corrected chi connectivity index (χ4v) is 1.64. The van der Waals surface area contributed by atoms with E-state index in [2.05, 4.69) is 4.74 Å². The molecule has 2 atom stereocenters. The van der Waals surface area contributed by atoms with Gasteiger partial charge in [0.2, 0.25) is 0 Å². The van der Waals surface area contributed by atoms with Gasteiger partial charge in [-0.1, -0.05) is 0 Å². The lowest BCUT2D eigenvalue weighted by Crippen LogP contribution is -2.05. The van der Waals surface area contributed by atoms with Crippen molar-refractivity contribution in [3.8, 4) is 0 Å². The molecule has 0 heterocycles. The van der Waals surface area contributed by atoms with E-state index >= 15 is 0 Å². The minimum atomic E-state index is -0.453. The minimum absolute atomic E-state index is 0. The first-order chi connectivity index (χ1) is 7.13. The zero-order valence-corrected chi connectivity index (χ0v) is 9.59. The van der Waals surface area contributed by atoms with Gasteiger partial charge in [-0.25, -0.2) is 9.18 Å². The number of benzene rings is 1. The number of methoxy groups -OCH3 is 1. The van der Waals surface area contributed by atoms with E-state index in [-0.39, 0.29) is 30.2 Å². The van der Waals surface area contributed by atoms with Crippen molar-refractivity contribution in [2.24, 2.45) is 5.73 Å². The zero-order valence-electron chi connectivity index (χ0n) is 8.77. The van der Waals surface area contributed by atoms with Gasteiger partial charge in [-0.2, -0.15) is 0 Å². The maximum Gasteiger partial charge on any atom is 0.337 e. The van der Waals surface area contributed by atoms with Crippen molar-refractivity contribution < 1.29 is 13.9 Å². The summed E-state index contributed by atoms with van der Waals surface area (Å²) in [5, 5.41) is 0. The number of hydrogen-bond acceptors (Lipinski definition) is 3. The Balaban J connectivity index is 0.00000128. The quantitative estimate of drug-likeness (QED) is 0.809. The summed E-state index contributed by atoms with van der Waals surface area (Å²) in [6, 6.07) is 4.25. The Morgan fingerprint density at radius 1 is 1.56 bits per heavy atom. The van der Waals surface area contributed by atoms with Gasteiger partial charge in [0.1, 0.15) is 5.82 Å². The third-order valence-electron chi connectivity index (χ3n) is 2.66. The highest BCUT2D eigenvalue weighted by molar-refractivity contribution is 5.89. The van der Waals surface area contributed by atoms with Crippen LogP contribution in [0.4, 0.5) is 4.39 Å². The molecule has 2 N–H and O–H groups in total. The fraction of sp³-hybridized carbons (Fsp3) is 0.364. The number of ether oxygens (including phenoxy) is 1. The molecule has 0 amide bonds. The number of hydrogen-bond donors (Lipinski definition) is 1. The molecule has 0 aliphatic heterocycles. The van der Waals surface area contributed by atoms with Crippen molar-refractivity contribution in [2.75, 3.05) is 7.11 Å². The molecular weight excluding hydrogens is 233 g/mol. The smallest absolute Gasteiger partial charge is 0.337 e. The molecular formula is C11H13ClFNO2. The molecule has 0 saturated heterocycles. The van der Waals surface area contributed by atoms with E-state index in [0.717, 1.165) is 6.42 Å². The van der Waals surface area contributed by atoms with Crippen LogP contribution in [0, 0.1) is 5.82 Å². The van der Waals surface area contributed by atoms with Crippen molar-refractivity contribution in [3.05, 3.63) is 35.1 Å². The first-order valence-electron chi connectivity index (χ1n) is 4.77. The maximum atomic E-state index is 13.4. The number of carbonyl (C=O) groups excluding carboxylic acids is 1. The summed E-state index contributed by atoms with van der Waals surface area (Å²) in [7, 11) is 1.30. The van der Waals surface area contributed by atoms with Crippen LogP contribution in [0.25, 0.3) is 0 Å². The van der Waals surface area contributed by atoms with Crippen LogP contribution >= 0.6 is 12.4 Å². The van der Waals surface area contributed by atoms with E-state index in [1.54, 1.807) is 0 Å². The predicted octanol–water partition coefficient (Wildman–Crippen LogP) is 1.85. The molecule has 1 fully saturated rings. The molecule has 1 aromatic rings. The number of halogens is 2. The van der Waals surface area contributed by atoms with Crippen molar-refractivity contribution in [1.29, 1.82) is 0 Å². The lowest BCUT2D eigenvalue weighted by atomic mass is 10.1. The SMILES string of the molecule is COC(=O)c1ccc(F)c([C@@H]2C[C@H]2N)c1.Cl. The minimum Gasteiger partial charge on any atom is -0.465 e. The molecule has 5 heteroatoms. The summed E-state index contributed by atoms with van der Waals surface area (Å²) in [5.74, 6) is -0.708. The van der Waals surface area contributed by atoms with Gasteiger partial charge < -0.3 is 10.5 Å². The van der Waals surface area contributed by atoms with Crippen LogP contribution in [-0.4, -0.2) is 19.1 Å². The summed E-state index contributed by atoms with van der Waals surface area (Å²) >= 11 is 0. The molecule has 3 nitrogen and oxygen atoms in total. The molecule has 1 aliphatic rings. The maximum absolute atomic E-state index is 13.4. The van der Waals surface area contributed by atoms with Crippen LogP contribution in [0.5, 0.6) is 0 Å². The van der Waals surface area contributed by atoms with Crippen LogP contribution in [0.15, 0.2) is 18.2 Å². The highest BCUT2D eigenvalue weighted by Crippen LogP contribution is 2.40. The molecule has 16 heavy (non-hydrogen) atoms. The van der Waals surface area contributed by atoms with Crippen molar-refractivity contribution in [2.45, 2.75) is 18.4 Å². The number of carbonyl (C=O) groups is 1. The average molecular weight is 246 g/mol. The average Bonchev–Trinajstić information content (AvgIpc) is 2.95. The van der Waals surface area contributed by atoms with E-state index in [1.807, 2.05) is 0 Å². The topological polar surface area (TPSA) is 52.3 Å². The monoisotopic (exact) mass is 245 g/mol. The van der Waals surface area contributed by atoms with Crippen LogP contribution < -0.4 is 5.73 Å². The summed E-state index contributed by atoms with van der Waals surface area (Å²) in [5.41, 5.74) is 6.53. The van der Waals surface area contributed by atoms with E-state index in [4.69, 9.17) is 5.73 Å². The summed E-state index contributed by atoms with van der Waals surface area (Å²) in [6.45, 7) is 0. The number of rotatable bonds is 2. The fourth-order valence-electron chi connectivity index (χ4n) is 1.64. The normalized spacial score (nSPS) is 22.2. The lowest BCUT2D eigenvalue weighted by molar-refractivity contribution is 0.0600. The summed E-state index contributed by atoms with van der Waals surface area (Å²) in [6.07, 6.45) is 0.779. The van der Waals surface area contributed by atoms with Crippen LogP contribution in [0.3, 0.4) is 0 Å². The largest absolute Gasteiger partial charge is 0.465 e. The molecule has 1 aliphatic carbocycles. The second-order valence-corrected chi connectivity index (χ2v) is 3.73. The molecule has 1 saturated carbocycles. The van der Waals surface area contributed by atoms with Crippen LogP contribution in [-0.2, 0) is 4.74 Å². The predicted molar refractivity (Wildman–Crippen MR) is 60.3 cm³/mol. The highest BCUT2D eigenvalue weighted by Gasteiger charge is 2.37. The molecule has 0 aromatic heterocycles. The van der Waals surface area contributed by atoms with Gasteiger partial charge in [0.25, 0.3) is 0 Å². The van der Waals surface area contributed by atoms with E-state index in [1.165, 1.54) is 25.3 Å². The van der Waals surface area contributed by atoms with Crippen LogP contribution in [0.1, 0.15) is 28.3 Å². The van der Waals surface area contributed by atoms with Gasteiger partial charge in [0.05, 0.1) is 12.7 Å². The first-order valence-corrected chi connectivity index (χ1v) is 4.77. The van der Waals surface area contributed by atoms with E-state index in [0.29, 0.717) is 11.1 Å². The van der Waals surface area contributed by atoms with Gasteiger partial charge in [-0.3, -0.25) is 0 Å². The standard InChI is InChI=1S/C11H12FNO2.ClH/c1-15-11(14)6-2-3-9(12)7(4-6)8-5-10(8)13;/h2-4,8,10H,5,13H2,1H3;1H/t8-,10+;/m0./s1. The second-order valence-electron chi connectivity index (χ2n) is 3.73. The molecule has 1 aromatic carbocycles. The Kier molecular flexibility index (Phi) is 3.88. The van der Waals surface area contributed by atoms with E-state index in [9.17, 15) is 9.18 Å². The first kappa shape index (κ1) is 12.9.